The first-order valence-electron chi connectivity index (χ1n) is 8.22. The lowest BCUT2D eigenvalue weighted by Crippen LogP contribution is -2.10. The third-order valence-corrected chi connectivity index (χ3v) is 4.40. The van der Waals surface area contributed by atoms with Gasteiger partial charge in [-0.3, -0.25) is 4.98 Å². The number of ether oxygens (including phenoxy) is 3. The summed E-state index contributed by atoms with van der Waals surface area (Å²) in [5.41, 5.74) is 2.13. The molecular weight excluding hydrogens is 318 g/mol. The second-order valence-electron chi connectivity index (χ2n) is 5.78. The van der Waals surface area contributed by atoms with Crippen molar-refractivity contribution < 1.29 is 14.2 Å². The Bertz CT molecular complexity index is 877. The van der Waals surface area contributed by atoms with Crippen molar-refractivity contribution in [3.63, 3.8) is 0 Å². The van der Waals surface area contributed by atoms with E-state index in [0.717, 1.165) is 17.8 Å². The molecule has 1 unspecified atom stereocenters. The summed E-state index contributed by atoms with van der Waals surface area (Å²) in [6.45, 7) is 2.37. The highest BCUT2D eigenvalue weighted by molar-refractivity contribution is 5.67. The molecule has 6 heteroatoms. The van der Waals surface area contributed by atoms with Crippen LogP contribution in [0.4, 0.5) is 0 Å². The Morgan fingerprint density at radius 2 is 2.04 bits per heavy atom. The van der Waals surface area contributed by atoms with E-state index < -0.39 is 0 Å². The number of methoxy groups -OCH3 is 1. The van der Waals surface area contributed by atoms with Crippen LogP contribution in [0.5, 0.6) is 17.2 Å². The van der Waals surface area contributed by atoms with Crippen LogP contribution in [-0.4, -0.2) is 28.4 Å². The molecule has 128 valence electrons. The monoisotopic (exact) mass is 337 g/mol. The summed E-state index contributed by atoms with van der Waals surface area (Å²) in [5.74, 6) is 2.84. The van der Waals surface area contributed by atoms with Gasteiger partial charge in [0.05, 0.1) is 13.2 Å². The van der Waals surface area contributed by atoms with Gasteiger partial charge in [-0.15, -0.1) is 0 Å². The summed E-state index contributed by atoms with van der Waals surface area (Å²) in [6, 6.07) is 8.14. The maximum Gasteiger partial charge on any atom is 0.231 e. The van der Waals surface area contributed by atoms with Gasteiger partial charge >= 0.3 is 0 Å². The molecule has 0 N–H and O–H groups in total. The molecule has 1 aliphatic rings. The molecule has 0 saturated carbocycles. The first kappa shape index (κ1) is 15.5. The molecule has 0 amide bonds. The van der Waals surface area contributed by atoms with Gasteiger partial charge in [-0.05, 0) is 36.2 Å². The Balaban J connectivity index is 1.80. The normalized spacial score (nSPS) is 13.7. The Morgan fingerprint density at radius 1 is 1.20 bits per heavy atom. The quantitative estimate of drug-likeness (QED) is 0.711. The van der Waals surface area contributed by atoms with Gasteiger partial charge in [-0.25, -0.2) is 4.98 Å². The molecule has 0 bridgehead atoms. The summed E-state index contributed by atoms with van der Waals surface area (Å²) in [5, 5.41) is 0. The van der Waals surface area contributed by atoms with E-state index in [9.17, 15) is 0 Å². The summed E-state index contributed by atoms with van der Waals surface area (Å²) in [6.07, 6.45) is 8.39. The van der Waals surface area contributed by atoms with Crippen LogP contribution >= 0.6 is 0 Å². The number of aromatic nitrogens is 3. The Kier molecular flexibility index (Phi) is 4.01. The van der Waals surface area contributed by atoms with Crippen molar-refractivity contribution in [1.29, 1.82) is 0 Å². The average Bonchev–Trinajstić information content (AvgIpc) is 3.31. The summed E-state index contributed by atoms with van der Waals surface area (Å²) in [4.78, 5) is 8.69. The highest BCUT2D eigenvalue weighted by atomic mass is 16.7. The van der Waals surface area contributed by atoms with E-state index in [-0.39, 0.29) is 12.8 Å². The zero-order valence-electron chi connectivity index (χ0n) is 14.2. The SMILES string of the molecule is CCC(c1ccncc1)n1ccnc1-c1cc(OC)c2c(c1)OCO2. The second-order valence-corrected chi connectivity index (χ2v) is 5.78. The highest BCUT2D eigenvalue weighted by Crippen LogP contribution is 2.44. The van der Waals surface area contributed by atoms with E-state index in [2.05, 4.69) is 21.5 Å². The molecule has 1 aromatic carbocycles. The van der Waals surface area contributed by atoms with Crippen molar-refractivity contribution >= 4 is 0 Å². The lowest BCUT2D eigenvalue weighted by Gasteiger charge is -2.20. The van der Waals surface area contributed by atoms with E-state index in [4.69, 9.17) is 14.2 Å². The molecule has 2 aromatic heterocycles. The van der Waals surface area contributed by atoms with Crippen LogP contribution in [-0.2, 0) is 0 Å². The van der Waals surface area contributed by atoms with Gasteiger partial charge in [0.2, 0.25) is 12.5 Å². The lowest BCUT2D eigenvalue weighted by atomic mass is 10.0. The number of benzene rings is 1. The first-order valence-corrected chi connectivity index (χ1v) is 8.22. The number of fused-ring (bicyclic) bond motifs is 1. The van der Waals surface area contributed by atoms with Gasteiger partial charge in [-0.2, -0.15) is 0 Å². The number of pyridine rings is 1. The van der Waals surface area contributed by atoms with Crippen LogP contribution in [0.3, 0.4) is 0 Å². The number of rotatable bonds is 5. The van der Waals surface area contributed by atoms with Gasteiger partial charge in [-0.1, -0.05) is 6.92 Å². The van der Waals surface area contributed by atoms with Crippen molar-refractivity contribution in [3.8, 4) is 28.6 Å². The molecule has 0 spiro atoms. The molecule has 3 heterocycles. The average molecular weight is 337 g/mol. The standard InChI is InChI=1S/C19H19N3O3/c1-3-15(13-4-6-20-7-5-13)22-9-8-21-19(22)14-10-16(23-2)18-17(11-14)24-12-25-18/h4-11,15H,3,12H2,1-2H3. The van der Waals surface area contributed by atoms with Crippen LogP contribution < -0.4 is 14.2 Å². The minimum atomic E-state index is 0.178. The molecule has 6 nitrogen and oxygen atoms in total. The van der Waals surface area contributed by atoms with E-state index in [1.165, 1.54) is 5.56 Å². The molecule has 3 aromatic rings. The third-order valence-electron chi connectivity index (χ3n) is 4.40. The van der Waals surface area contributed by atoms with E-state index in [0.29, 0.717) is 17.2 Å². The van der Waals surface area contributed by atoms with Crippen LogP contribution in [0.2, 0.25) is 0 Å². The van der Waals surface area contributed by atoms with E-state index in [1.54, 1.807) is 7.11 Å². The van der Waals surface area contributed by atoms with Gasteiger partial charge in [0.15, 0.2) is 11.5 Å². The number of hydrogen-bond donors (Lipinski definition) is 0. The molecule has 25 heavy (non-hydrogen) atoms. The maximum atomic E-state index is 5.54. The minimum absolute atomic E-state index is 0.178. The Hall–Kier alpha value is -3.02. The first-order chi connectivity index (χ1) is 12.3. The predicted molar refractivity (Wildman–Crippen MR) is 93.0 cm³/mol. The molecule has 0 fully saturated rings. The van der Waals surface area contributed by atoms with Gasteiger partial charge in [0, 0.05) is 30.4 Å². The summed E-state index contributed by atoms with van der Waals surface area (Å²) in [7, 11) is 1.62. The fourth-order valence-corrected chi connectivity index (χ4v) is 3.23. The van der Waals surface area contributed by atoms with Gasteiger partial charge in [0.25, 0.3) is 0 Å². The largest absolute Gasteiger partial charge is 0.493 e. The molecule has 0 aliphatic carbocycles. The molecule has 4 rings (SSSR count). The van der Waals surface area contributed by atoms with Crippen molar-refractivity contribution in [3.05, 3.63) is 54.6 Å². The maximum absolute atomic E-state index is 5.54. The lowest BCUT2D eigenvalue weighted by molar-refractivity contribution is 0.171. The van der Waals surface area contributed by atoms with E-state index >= 15 is 0 Å². The number of imidazole rings is 1. The van der Waals surface area contributed by atoms with Crippen molar-refractivity contribution in [2.45, 2.75) is 19.4 Å². The third kappa shape index (κ3) is 2.69. The second kappa shape index (κ2) is 6.47. The predicted octanol–water partition coefficient (Wildman–Crippen LogP) is 3.68. The molecule has 0 saturated heterocycles. The highest BCUT2D eigenvalue weighted by Gasteiger charge is 2.23. The van der Waals surface area contributed by atoms with Crippen LogP contribution in [0, 0.1) is 0 Å². The molecule has 1 aliphatic heterocycles. The van der Waals surface area contributed by atoms with Crippen molar-refractivity contribution in [2.75, 3.05) is 13.9 Å². The van der Waals surface area contributed by atoms with Gasteiger partial charge < -0.3 is 18.8 Å². The fraction of sp³-hybridized carbons (Fsp3) is 0.263. The van der Waals surface area contributed by atoms with Crippen LogP contribution in [0.15, 0.2) is 49.1 Å². The van der Waals surface area contributed by atoms with Crippen molar-refractivity contribution in [1.82, 2.24) is 14.5 Å². The molecule has 1 atom stereocenters. The zero-order valence-corrected chi connectivity index (χ0v) is 14.2. The zero-order chi connectivity index (χ0) is 17.2. The topological polar surface area (TPSA) is 58.4 Å². The summed E-state index contributed by atoms with van der Waals surface area (Å²) < 4.78 is 18.7. The number of nitrogens with zero attached hydrogens (tertiary/aromatic N) is 3. The summed E-state index contributed by atoms with van der Waals surface area (Å²) >= 11 is 0. The number of hydrogen-bond acceptors (Lipinski definition) is 5. The van der Waals surface area contributed by atoms with Crippen LogP contribution in [0.25, 0.3) is 11.4 Å². The molecule has 0 radical (unpaired) electrons. The Morgan fingerprint density at radius 3 is 2.80 bits per heavy atom. The van der Waals surface area contributed by atoms with Crippen LogP contribution in [0.1, 0.15) is 24.9 Å². The van der Waals surface area contributed by atoms with Gasteiger partial charge in [0.1, 0.15) is 5.82 Å². The fourth-order valence-electron chi connectivity index (χ4n) is 3.23. The van der Waals surface area contributed by atoms with Crippen molar-refractivity contribution in [2.24, 2.45) is 0 Å². The van der Waals surface area contributed by atoms with E-state index in [1.807, 2.05) is 49.1 Å². The minimum Gasteiger partial charge on any atom is -0.493 e. The molecular formula is C19H19N3O3. The Labute approximate surface area is 146 Å². The smallest absolute Gasteiger partial charge is 0.231 e.